The standard InChI is InChI=1S/C13H21N3O3/c1-4-15(3)10-9-14-11-7-6-8-12(19-5-2)13(11)16(17)18/h6-8,14H,4-5,9-10H2,1-3H3. The molecule has 0 aliphatic heterocycles. The number of hydrogen-bond acceptors (Lipinski definition) is 5. The predicted octanol–water partition coefficient (Wildman–Crippen LogP) is 2.36. The first kappa shape index (κ1) is 15.2. The fourth-order valence-corrected chi connectivity index (χ4v) is 1.66. The Balaban J connectivity index is 2.81. The zero-order valence-electron chi connectivity index (χ0n) is 11.7. The molecule has 1 rings (SSSR count). The minimum atomic E-state index is -0.406. The summed E-state index contributed by atoms with van der Waals surface area (Å²) in [6.07, 6.45) is 0. The molecule has 0 amide bonds. The van der Waals surface area contributed by atoms with E-state index in [4.69, 9.17) is 4.74 Å². The molecule has 0 radical (unpaired) electrons. The van der Waals surface area contributed by atoms with Crippen LogP contribution in [0.4, 0.5) is 11.4 Å². The Bertz CT molecular complexity index is 424. The number of para-hydroxylation sites is 1. The van der Waals surface area contributed by atoms with Crippen LogP contribution in [0.5, 0.6) is 5.75 Å². The van der Waals surface area contributed by atoms with E-state index in [1.807, 2.05) is 7.05 Å². The molecule has 0 aromatic heterocycles. The van der Waals surface area contributed by atoms with Crippen LogP contribution in [0.2, 0.25) is 0 Å². The molecule has 6 heteroatoms. The molecule has 0 aliphatic carbocycles. The van der Waals surface area contributed by atoms with Crippen LogP contribution in [-0.2, 0) is 0 Å². The van der Waals surface area contributed by atoms with Crippen LogP contribution in [-0.4, -0.2) is 43.1 Å². The molecule has 0 aliphatic rings. The first-order valence-corrected chi connectivity index (χ1v) is 6.42. The summed E-state index contributed by atoms with van der Waals surface area (Å²) in [7, 11) is 2.01. The second kappa shape index (κ2) is 7.58. The van der Waals surface area contributed by atoms with Crippen molar-refractivity contribution in [3.63, 3.8) is 0 Å². The summed E-state index contributed by atoms with van der Waals surface area (Å²) >= 11 is 0. The first-order valence-electron chi connectivity index (χ1n) is 6.42. The van der Waals surface area contributed by atoms with Gasteiger partial charge in [-0.25, -0.2) is 0 Å². The fraction of sp³-hybridized carbons (Fsp3) is 0.538. The molecule has 1 N–H and O–H groups in total. The number of ether oxygens (including phenoxy) is 1. The molecular formula is C13H21N3O3. The molecular weight excluding hydrogens is 246 g/mol. The van der Waals surface area contributed by atoms with Crippen molar-refractivity contribution in [3.8, 4) is 5.75 Å². The summed E-state index contributed by atoms with van der Waals surface area (Å²) in [5.41, 5.74) is 0.504. The maximum atomic E-state index is 11.1. The van der Waals surface area contributed by atoms with Gasteiger partial charge in [-0.05, 0) is 32.6 Å². The van der Waals surface area contributed by atoms with Crippen LogP contribution in [0.15, 0.2) is 18.2 Å². The minimum absolute atomic E-state index is 0.00324. The zero-order chi connectivity index (χ0) is 14.3. The number of benzene rings is 1. The molecule has 6 nitrogen and oxygen atoms in total. The zero-order valence-corrected chi connectivity index (χ0v) is 11.7. The summed E-state index contributed by atoms with van der Waals surface area (Å²) in [6.45, 7) is 6.71. The smallest absolute Gasteiger partial charge is 0.333 e. The first-order chi connectivity index (χ1) is 9.10. The molecule has 106 valence electrons. The molecule has 0 unspecified atom stereocenters. The van der Waals surface area contributed by atoms with Gasteiger partial charge < -0.3 is 15.0 Å². The van der Waals surface area contributed by atoms with Crippen molar-refractivity contribution < 1.29 is 9.66 Å². The summed E-state index contributed by atoms with van der Waals surface area (Å²) < 4.78 is 5.30. The maximum absolute atomic E-state index is 11.1. The summed E-state index contributed by atoms with van der Waals surface area (Å²) in [5.74, 6) is 0.307. The van der Waals surface area contributed by atoms with Crippen molar-refractivity contribution in [1.29, 1.82) is 0 Å². The van der Waals surface area contributed by atoms with Crippen molar-refractivity contribution >= 4 is 11.4 Å². The number of nitrogens with one attached hydrogen (secondary N) is 1. The third-order valence-electron chi connectivity index (χ3n) is 2.83. The van der Waals surface area contributed by atoms with Gasteiger partial charge >= 0.3 is 5.69 Å². The van der Waals surface area contributed by atoms with Crippen molar-refractivity contribution in [2.24, 2.45) is 0 Å². The Labute approximate surface area is 113 Å². The Hall–Kier alpha value is -1.82. The molecule has 0 spiro atoms. The topological polar surface area (TPSA) is 67.6 Å². The molecule has 19 heavy (non-hydrogen) atoms. The lowest BCUT2D eigenvalue weighted by atomic mass is 10.2. The minimum Gasteiger partial charge on any atom is -0.487 e. The number of rotatable bonds is 8. The average Bonchev–Trinajstić information content (AvgIpc) is 2.38. The number of nitro groups is 1. The lowest BCUT2D eigenvalue weighted by molar-refractivity contribution is -0.384. The Kier molecular flexibility index (Phi) is 6.08. The highest BCUT2D eigenvalue weighted by Crippen LogP contribution is 2.34. The van der Waals surface area contributed by atoms with Gasteiger partial charge in [-0.1, -0.05) is 13.0 Å². The molecule has 1 aromatic carbocycles. The monoisotopic (exact) mass is 267 g/mol. The van der Waals surface area contributed by atoms with E-state index in [0.29, 0.717) is 24.6 Å². The molecule has 0 atom stereocenters. The Morgan fingerprint density at radius 1 is 1.42 bits per heavy atom. The van der Waals surface area contributed by atoms with Crippen LogP contribution in [0, 0.1) is 10.1 Å². The van der Waals surface area contributed by atoms with Gasteiger partial charge in [-0.2, -0.15) is 0 Å². The number of nitro benzene ring substituents is 1. The van der Waals surface area contributed by atoms with E-state index in [2.05, 4.69) is 17.1 Å². The number of hydrogen-bond donors (Lipinski definition) is 1. The highest BCUT2D eigenvalue weighted by Gasteiger charge is 2.20. The molecule has 0 heterocycles. The molecule has 0 fully saturated rings. The van der Waals surface area contributed by atoms with E-state index >= 15 is 0 Å². The Morgan fingerprint density at radius 3 is 2.74 bits per heavy atom. The second-order valence-corrected chi connectivity index (χ2v) is 4.17. The molecule has 0 saturated carbocycles. The van der Waals surface area contributed by atoms with Gasteiger partial charge in [0.05, 0.1) is 11.5 Å². The van der Waals surface area contributed by atoms with Gasteiger partial charge in [-0.15, -0.1) is 0 Å². The predicted molar refractivity (Wildman–Crippen MR) is 75.9 cm³/mol. The summed E-state index contributed by atoms with van der Waals surface area (Å²) in [6, 6.07) is 5.07. The largest absolute Gasteiger partial charge is 0.487 e. The van der Waals surface area contributed by atoms with E-state index in [1.165, 1.54) is 0 Å². The van der Waals surface area contributed by atoms with Crippen molar-refractivity contribution in [2.45, 2.75) is 13.8 Å². The van der Waals surface area contributed by atoms with Gasteiger partial charge in [0.2, 0.25) is 0 Å². The quantitative estimate of drug-likeness (QED) is 0.578. The van der Waals surface area contributed by atoms with Crippen LogP contribution >= 0.6 is 0 Å². The lowest BCUT2D eigenvalue weighted by Crippen LogP contribution is -2.24. The Morgan fingerprint density at radius 2 is 2.16 bits per heavy atom. The second-order valence-electron chi connectivity index (χ2n) is 4.17. The van der Waals surface area contributed by atoms with Crippen LogP contribution in [0.25, 0.3) is 0 Å². The van der Waals surface area contributed by atoms with Gasteiger partial charge in [0.15, 0.2) is 5.75 Å². The van der Waals surface area contributed by atoms with E-state index in [1.54, 1.807) is 25.1 Å². The summed E-state index contributed by atoms with van der Waals surface area (Å²) in [4.78, 5) is 12.9. The third kappa shape index (κ3) is 4.40. The van der Waals surface area contributed by atoms with E-state index < -0.39 is 4.92 Å². The lowest BCUT2D eigenvalue weighted by Gasteiger charge is -2.15. The number of nitrogens with zero attached hydrogens (tertiary/aromatic N) is 2. The van der Waals surface area contributed by atoms with E-state index in [-0.39, 0.29) is 5.69 Å². The molecule has 1 aromatic rings. The van der Waals surface area contributed by atoms with Crippen molar-refractivity contribution in [3.05, 3.63) is 28.3 Å². The van der Waals surface area contributed by atoms with E-state index in [9.17, 15) is 10.1 Å². The number of anilines is 1. The van der Waals surface area contributed by atoms with Crippen molar-refractivity contribution in [1.82, 2.24) is 4.90 Å². The summed E-state index contributed by atoms with van der Waals surface area (Å²) in [5, 5.41) is 14.2. The average molecular weight is 267 g/mol. The highest BCUT2D eigenvalue weighted by atomic mass is 16.6. The van der Waals surface area contributed by atoms with E-state index in [0.717, 1.165) is 13.1 Å². The fourth-order valence-electron chi connectivity index (χ4n) is 1.66. The molecule has 0 bridgehead atoms. The van der Waals surface area contributed by atoms with Crippen molar-refractivity contribution in [2.75, 3.05) is 38.6 Å². The van der Waals surface area contributed by atoms with Crippen LogP contribution in [0.3, 0.4) is 0 Å². The van der Waals surface area contributed by atoms with Gasteiger partial charge in [0, 0.05) is 13.1 Å². The van der Waals surface area contributed by atoms with Crippen LogP contribution < -0.4 is 10.1 Å². The van der Waals surface area contributed by atoms with Gasteiger partial charge in [-0.3, -0.25) is 10.1 Å². The van der Waals surface area contributed by atoms with Crippen LogP contribution in [0.1, 0.15) is 13.8 Å². The third-order valence-corrected chi connectivity index (χ3v) is 2.83. The van der Waals surface area contributed by atoms with Gasteiger partial charge in [0.1, 0.15) is 5.69 Å². The maximum Gasteiger partial charge on any atom is 0.333 e. The molecule has 0 saturated heterocycles. The highest BCUT2D eigenvalue weighted by molar-refractivity contribution is 5.68. The number of likely N-dealkylation sites (N-methyl/N-ethyl adjacent to an activating group) is 1. The SMILES string of the molecule is CCOc1cccc(NCCN(C)CC)c1[N+](=O)[O-]. The van der Waals surface area contributed by atoms with Gasteiger partial charge in [0.25, 0.3) is 0 Å². The normalized spacial score (nSPS) is 10.5.